The Morgan fingerprint density at radius 1 is 1.37 bits per heavy atom. The third kappa shape index (κ3) is 2.73. The second-order valence-corrected chi connectivity index (χ2v) is 4.61. The Hall–Kier alpha value is -1.56. The van der Waals surface area contributed by atoms with Crippen molar-refractivity contribution in [3.63, 3.8) is 0 Å². The van der Waals surface area contributed by atoms with Crippen molar-refractivity contribution in [3.8, 4) is 0 Å². The maximum Gasteiger partial charge on any atom is 0.254 e. The average Bonchev–Trinajstić information content (AvgIpc) is 2.83. The number of carbonyl (C=O) groups excluding carboxylic acids is 1. The summed E-state index contributed by atoms with van der Waals surface area (Å²) in [5, 5.41) is 2.98. The number of hydrogen-bond donors (Lipinski definition) is 1. The van der Waals surface area contributed by atoms with E-state index in [4.69, 9.17) is 0 Å². The number of carbonyl (C=O) groups is 1. The maximum absolute atomic E-state index is 13.1. The molecule has 0 spiro atoms. The first kappa shape index (κ1) is 13.9. The molecule has 1 unspecified atom stereocenters. The molecule has 19 heavy (non-hydrogen) atoms. The second-order valence-electron chi connectivity index (χ2n) is 4.61. The maximum atomic E-state index is 13.1. The minimum absolute atomic E-state index is 0.00803. The van der Waals surface area contributed by atoms with Crippen molar-refractivity contribution < 1.29 is 18.0 Å². The van der Waals surface area contributed by atoms with Gasteiger partial charge in [-0.2, -0.15) is 0 Å². The van der Waals surface area contributed by atoms with Crippen LogP contribution in [0.2, 0.25) is 0 Å². The molecule has 1 aliphatic rings. The molecule has 1 heterocycles. The van der Waals surface area contributed by atoms with E-state index in [-0.39, 0.29) is 11.6 Å². The molecule has 3 nitrogen and oxygen atoms in total. The normalized spacial score (nSPS) is 18.9. The van der Waals surface area contributed by atoms with Crippen LogP contribution in [0.5, 0.6) is 0 Å². The van der Waals surface area contributed by atoms with Gasteiger partial charge in [0.25, 0.3) is 5.91 Å². The van der Waals surface area contributed by atoms with Crippen LogP contribution >= 0.6 is 0 Å². The van der Waals surface area contributed by atoms with Gasteiger partial charge in [0.05, 0.1) is 0 Å². The number of hydrogen-bond acceptors (Lipinski definition) is 2. The highest BCUT2D eigenvalue weighted by molar-refractivity contribution is 5.94. The lowest BCUT2D eigenvalue weighted by molar-refractivity contribution is 0.0735. The molecule has 1 atom stereocenters. The minimum atomic E-state index is -1.55. The van der Waals surface area contributed by atoms with Crippen molar-refractivity contribution in [1.29, 1.82) is 0 Å². The van der Waals surface area contributed by atoms with Gasteiger partial charge < -0.3 is 10.2 Å². The zero-order valence-electron chi connectivity index (χ0n) is 10.5. The van der Waals surface area contributed by atoms with E-state index in [9.17, 15) is 18.0 Å². The van der Waals surface area contributed by atoms with Crippen molar-refractivity contribution in [1.82, 2.24) is 10.2 Å². The van der Waals surface area contributed by atoms with Gasteiger partial charge in [-0.1, -0.05) is 0 Å². The summed E-state index contributed by atoms with van der Waals surface area (Å²) < 4.78 is 39.1. The summed E-state index contributed by atoms with van der Waals surface area (Å²) in [6.07, 6.45) is 1.70. The molecule has 0 bridgehead atoms. The fraction of sp³-hybridized carbons (Fsp3) is 0.462. The molecule has 1 aliphatic heterocycles. The molecule has 0 aromatic heterocycles. The number of amides is 1. The fourth-order valence-corrected chi connectivity index (χ4v) is 2.40. The van der Waals surface area contributed by atoms with Crippen LogP contribution in [-0.2, 0) is 0 Å². The minimum Gasteiger partial charge on any atom is -0.334 e. The summed E-state index contributed by atoms with van der Waals surface area (Å²) in [7, 11) is 1.78. The molecule has 1 aromatic carbocycles. The third-order valence-corrected chi connectivity index (χ3v) is 3.31. The summed E-state index contributed by atoms with van der Waals surface area (Å²) in [5.41, 5.74) is -0.153. The number of rotatable bonds is 3. The first-order chi connectivity index (χ1) is 9.04. The Morgan fingerprint density at radius 2 is 2.00 bits per heavy atom. The smallest absolute Gasteiger partial charge is 0.254 e. The van der Waals surface area contributed by atoms with E-state index in [0.29, 0.717) is 13.1 Å². The van der Waals surface area contributed by atoms with Gasteiger partial charge in [0.2, 0.25) is 0 Å². The Labute approximate surface area is 109 Å². The van der Waals surface area contributed by atoms with Gasteiger partial charge in [0.15, 0.2) is 17.5 Å². The summed E-state index contributed by atoms with van der Waals surface area (Å²) in [5.74, 6) is -4.69. The Bertz CT molecular complexity index is 470. The molecule has 1 aromatic rings. The number of likely N-dealkylation sites (N-methyl/N-ethyl adjacent to an activating group) is 1. The Morgan fingerprint density at radius 3 is 2.58 bits per heavy atom. The molecular weight excluding hydrogens is 257 g/mol. The van der Waals surface area contributed by atoms with Crippen LogP contribution in [0.1, 0.15) is 23.2 Å². The number of halogens is 3. The number of benzene rings is 1. The molecule has 1 fully saturated rings. The second kappa shape index (κ2) is 5.61. The molecule has 1 N–H and O–H groups in total. The van der Waals surface area contributed by atoms with Gasteiger partial charge >= 0.3 is 0 Å². The molecule has 0 radical (unpaired) electrons. The molecule has 6 heteroatoms. The van der Waals surface area contributed by atoms with Crippen molar-refractivity contribution in [2.45, 2.75) is 18.9 Å². The zero-order chi connectivity index (χ0) is 14.0. The first-order valence-corrected chi connectivity index (χ1v) is 6.14. The van der Waals surface area contributed by atoms with E-state index in [1.165, 1.54) is 0 Å². The molecule has 1 amide bonds. The van der Waals surface area contributed by atoms with E-state index in [1.807, 2.05) is 0 Å². The van der Waals surface area contributed by atoms with Crippen LogP contribution in [0.25, 0.3) is 0 Å². The zero-order valence-corrected chi connectivity index (χ0v) is 10.5. The SMILES string of the molecule is CNCC1CCCN1C(=O)c1cc(F)c(F)c(F)c1. The van der Waals surface area contributed by atoms with Gasteiger partial charge in [-0.25, -0.2) is 13.2 Å². The van der Waals surface area contributed by atoms with E-state index in [1.54, 1.807) is 11.9 Å². The molecule has 104 valence electrons. The van der Waals surface area contributed by atoms with Crippen LogP contribution in [0.15, 0.2) is 12.1 Å². The summed E-state index contributed by atoms with van der Waals surface area (Å²) in [6.45, 7) is 1.17. The molecule has 2 rings (SSSR count). The molecule has 0 aliphatic carbocycles. The van der Waals surface area contributed by atoms with Crippen molar-refractivity contribution in [2.24, 2.45) is 0 Å². The lowest BCUT2D eigenvalue weighted by atomic mass is 10.1. The topological polar surface area (TPSA) is 32.3 Å². The number of nitrogens with one attached hydrogen (secondary N) is 1. The molecular formula is C13H15F3N2O. The lowest BCUT2D eigenvalue weighted by Crippen LogP contribution is -2.40. The summed E-state index contributed by atoms with van der Waals surface area (Å²) >= 11 is 0. The van der Waals surface area contributed by atoms with E-state index >= 15 is 0 Å². The Balaban J connectivity index is 2.24. The van der Waals surface area contributed by atoms with Crippen LogP contribution in [0.3, 0.4) is 0 Å². The highest BCUT2D eigenvalue weighted by atomic mass is 19.2. The van der Waals surface area contributed by atoms with Crippen molar-refractivity contribution in [3.05, 3.63) is 35.1 Å². The largest absolute Gasteiger partial charge is 0.334 e. The van der Waals surface area contributed by atoms with E-state index in [0.717, 1.165) is 25.0 Å². The first-order valence-electron chi connectivity index (χ1n) is 6.14. The van der Waals surface area contributed by atoms with Gasteiger partial charge in [-0.15, -0.1) is 0 Å². The average molecular weight is 272 g/mol. The number of nitrogens with zero attached hydrogens (tertiary/aromatic N) is 1. The molecule has 1 saturated heterocycles. The highest BCUT2D eigenvalue weighted by Crippen LogP contribution is 2.21. The predicted octanol–water partition coefficient (Wildman–Crippen LogP) is 1.93. The van der Waals surface area contributed by atoms with Crippen molar-refractivity contribution >= 4 is 5.91 Å². The predicted molar refractivity (Wildman–Crippen MR) is 64.3 cm³/mol. The highest BCUT2D eigenvalue weighted by Gasteiger charge is 2.29. The lowest BCUT2D eigenvalue weighted by Gasteiger charge is -2.24. The van der Waals surface area contributed by atoms with E-state index < -0.39 is 23.4 Å². The molecule has 0 saturated carbocycles. The van der Waals surface area contributed by atoms with Gasteiger partial charge in [0, 0.05) is 24.7 Å². The standard InChI is InChI=1S/C13H15F3N2O/c1-17-7-9-3-2-4-18(9)13(19)8-5-10(14)12(16)11(15)6-8/h5-6,9,17H,2-4,7H2,1H3. The number of likely N-dealkylation sites (tertiary alicyclic amines) is 1. The van der Waals surface area contributed by atoms with Gasteiger partial charge in [-0.05, 0) is 32.0 Å². The van der Waals surface area contributed by atoms with Gasteiger partial charge in [-0.3, -0.25) is 4.79 Å². The fourth-order valence-electron chi connectivity index (χ4n) is 2.40. The summed E-state index contributed by atoms with van der Waals surface area (Å²) in [6, 6.07) is 1.50. The quantitative estimate of drug-likeness (QED) is 0.853. The van der Waals surface area contributed by atoms with Gasteiger partial charge in [0.1, 0.15) is 0 Å². The van der Waals surface area contributed by atoms with Crippen LogP contribution in [-0.4, -0.2) is 37.0 Å². The van der Waals surface area contributed by atoms with Crippen LogP contribution in [0, 0.1) is 17.5 Å². The van der Waals surface area contributed by atoms with Crippen molar-refractivity contribution in [2.75, 3.05) is 20.1 Å². The Kier molecular flexibility index (Phi) is 4.09. The van der Waals surface area contributed by atoms with Crippen LogP contribution < -0.4 is 5.32 Å². The van der Waals surface area contributed by atoms with E-state index in [2.05, 4.69) is 5.32 Å². The van der Waals surface area contributed by atoms with Crippen LogP contribution in [0.4, 0.5) is 13.2 Å². The third-order valence-electron chi connectivity index (χ3n) is 3.31. The summed E-state index contributed by atoms with van der Waals surface area (Å²) in [4.78, 5) is 13.8. The monoisotopic (exact) mass is 272 g/mol.